The summed E-state index contributed by atoms with van der Waals surface area (Å²) in [6.07, 6.45) is 2.85. The fourth-order valence-corrected chi connectivity index (χ4v) is 2.36. The topological polar surface area (TPSA) is 55.5 Å². The Kier molecular flexibility index (Phi) is 2.52. The summed E-state index contributed by atoms with van der Waals surface area (Å²) in [5.74, 6) is 0.498. The average molecular weight is 228 g/mol. The molecule has 0 bridgehead atoms. The molecular weight excluding hydrogens is 214 g/mol. The zero-order valence-electron chi connectivity index (χ0n) is 8.59. The number of benzene rings is 1. The van der Waals surface area contributed by atoms with Gasteiger partial charge in [-0.2, -0.15) is 0 Å². The Morgan fingerprint density at radius 1 is 1.47 bits per heavy atom. The van der Waals surface area contributed by atoms with Gasteiger partial charge in [-0.05, 0) is 31.4 Å². The Balaban J connectivity index is 2.57. The van der Waals surface area contributed by atoms with Crippen molar-refractivity contribution in [3.63, 3.8) is 0 Å². The van der Waals surface area contributed by atoms with Gasteiger partial charge in [0.1, 0.15) is 0 Å². The van der Waals surface area contributed by atoms with Crippen molar-refractivity contribution in [1.29, 1.82) is 0 Å². The van der Waals surface area contributed by atoms with Gasteiger partial charge in [0.15, 0.2) is 11.5 Å². The van der Waals surface area contributed by atoms with Gasteiger partial charge in [-0.25, -0.2) is 0 Å². The number of ether oxygens (including phenoxy) is 1. The van der Waals surface area contributed by atoms with Gasteiger partial charge < -0.3 is 15.6 Å². The Bertz CT molecular complexity index is 388. The second kappa shape index (κ2) is 3.58. The molecule has 1 aromatic carbocycles. The fraction of sp³-hybridized carbons (Fsp3) is 0.455. The number of nitrogens with two attached hydrogens (primary N) is 1. The maximum Gasteiger partial charge on any atom is 0.167 e. The van der Waals surface area contributed by atoms with Crippen LogP contribution < -0.4 is 10.5 Å². The number of phenolic OH excluding ortho intramolecular Hbond substituents is 1. The number of hydrogen-bond acceptors (Lipinski definition) is 3. The second-order valence-electron chi connectivity index (χ2n) is 3.98. The van der Waals surface area contributed by atoms with Crippen molar-refractivity contribution < 1.29 is 9.84 Å². The normalized spacial score (nSPS) is 18.3. The lowest BCUT2D eigenvalue weighted by Gasteiger charge is -2.39. The minimum absolute atomic E-state index is 0.0913. The third kappa shape index (κ3) is 1.56. The van der Waals surface area contributed by atoms with Gasteiger partial charge in [0.2, 0.25) is 0 Å². The molecule has 0 saturated heterocycles. The van der Waals surface area contributed by atoms with Crippen LogP contribution in [0.3, 0.4) is 0 Å². The molecule has 0 spiro atoms. The Morgan fingerprint density at radius 2 is 2.13 bits per heavy atom. The van der Waals surface area contributed by atoms with E-state index in [0.717, 1.165) is 24.8 Å². The van der Waals surface area contributed by atoms with Gasteiger partial charge in [0.25, 0.3) is 0 Å². The minimum atomic E-state index is -0.429. The zero-order valence-corrected chi connectivity index (χ0v) is 9.34. The predicted octanol–water partition coefficient (Wildman–Crippen LogP) is 2.39. The monoisotopic (exact) mass is 227 g/mol. The van der Waals surface area contributed by atoms with Crippen molar-refractivity contribution in [2.24, 2.45) is 5.73 Å². The van der Waals surface area contributed by atoms with Gasteiger partial charge in [-0.3, -0.25) is 0 Å². The van der Waals surface area contributed by atoms with Crippen molar-refractivity contribution in [1.82, 2.24) is 0 Å². The first-order valence-corrected chi connectivity index (χ1v) is 5.31. The largest absolute Gasteiger partial charge is 0.504 e. The van der Waals surface area contributed by atoms with E-state index in [-0.39, 0.29) is 5.75 Å². The highest BCUT2D eigenvalue weighted by Crippen LogP contribution is 2.48. The molecule has 1 aliphatic carbocycles. The van der Waals surface area contributed by atoms with E-state index in [1.54, 1.807) is 6.07 Å². The van der Waals surface area contributed by atoms with Gasteiger partial charge in [-0.15, -0.1) is 0 Å². The summed E-state index contributed by atoms with van der Waals surface area (Å²) in [6, 6.07) is 3.17. The number of phenols is 1. The highest BCUT2D eigenvalue weighted by atomic mass is 35.5. The molecular formula is C11H14ClNO2. The number of rotatable bonds is 2. The Morgan fingerprint density at radius 3 is 2.60 bits per heavy atom. The number of hydrogen-bond donors (Lipinski definition) is 2. The van der Waals surface area contributed by atoms with Crippen LogP contribution in [0.25, 0.3) is 0 Å². The molecule has 0 aliphatic heterocycles. The molecule has 0 radical (unpaired) electrons. The molecule has 3 N–H and O–H groups in total. The average Bonchev–Trinajstić information content (AvgIpc) is 2.17. The van der Waals surface area contributed by atoms with E-state index in [9.17, 15) is 5.11 Å². The van der Waals surface area contributed by atoms with Crippen molar-refractivity contribution in [3.05, 3.63) is 22.7 Å². The van der Waals surface area contributed by atoms with Crippen LogP contribution in [0.2, 0.25) is 5.02 Å². The van der Waals surface area contributed by atoms with E-state index in [0.29, 0.717) is 10.8 Å². The summed E-state index contributed by atoms with van der Waals surface area (Å²) >= 11 is 6.11. The quantitative estimate of drug-likeness (QED) is 0.816. The maximum absolute atomic E-state index is 9.66. The van der Waals surface area contributed by atoms with E-state index >= 15 is 0 Å². The van der Waals surface area contributed by atoms with Gasteiger partial charge in [-0.1, -0.05) is 11.6 Å². The lowest BCUT2D eigenvalue weighted by Crippen LogP contribution is -2.43. The van der Waals surface area contributed by atoms with E-state index < -0.39 is 5.54 Å². The number of aromatic hydroxyl groups is 1. The van der Waals surface area contributed by atoms with Crippen LogP contribution in [0, 0.1) is 0 Å². The molecule has 2 rings (SSSR count). The molecule has 0 unspecified atom stereocenters. The molecule has 4 heteroatoms. The molecule has 15 heavy (non-hydrogen) atoms. The summed E-state index contributed by atoms with van der Waals surface area (Å²) in [6.45, 7) is 0. The van der Waals surface area contributed by atoms with Crippen LogP contribution in [-0.2, 0) is 5.54 Å². The minimum Gasteiger partial charge on any atom is -0.504 e. The van der Waals surface area contributed by atoms with Gasteiger partial charge >= 0.3 is 0 Å². The summed E-state index contributed by atoms with van der Waals surface area (Å²) < 4.78 is 5.16. The first-order chi connectivity index (χ1) is 7.08. The lowest BCUT2D eigenvalue weighted by molar-refractivity contribution is 0.241. The predicted molar refractivity (Wildman–Crippen MR) is 59.4 cm³/mol. The fourth-order valence-electron chi connectivity index (χ4n) is 2.03. The van der Waals surface area contributed by atoms with Crippen LogP contribution >= 0.6 is 11.6 Å². The van der Waals surface area contributed by atoms with E-state index in [1.807, 2.05) is 0 Å². The molecule has 0 heterocycles. The molecule has 1 aromatic rings. The highest BCUT2D eigenvalue weighted by Gasteiger charge is 2.39. The Hall–Kier alpha value is -0.930. The lowest BCUT2D eigenvalue weighted by atomic mass is 9.72. The molecule has 0 amide bonds. The van der Waals surface area contributed by atoms with Crippen LogP contribution in [0.5, 0.6) is 11.5 Å². The molecule has 0 aromatic heterocycles. The molecule has 0 atom stereocenters. The van der Waals surface area contributed by atoms with E-state index in [1.165, 1.54) is 13.2 Å². The second-order valence-corrected chi connectivity index (χ2v) is 4.39. The van der Waals surface area contributed by atoms with Gasteiger partial charge in [0, 0.05) is 16.1 Å². The highest BCUT2D eigenvalue weighted by molar-refractivity contribution is 6.31. The molecule has 3 nitrogen and oxygen atoms in total. The molecule has 82 valence electrons. The Labute approximate surface area is 93.8 Å². The maximum atomic E-state index is 9.66. The van der Waals surface area contributed by atoms with Crippen LogP contribution in [0.1, 0.15) is 24.8 Å². The zero-order chi connectivity index (χ0) is 11.1. The summed E-state index contributed by atoms with van der Waals surface area (Å²) in [7, 11) is 1.51. The van der Waals surface area contributed by atoms with Crippen molar-refractivity contribution >= 4 is 11.6 Å². The van der Waals surface area contributed by atoms with Crippen LogP contribution in [0.4, 0.5) is 0 Å². The third-order valence-corrected chi connectivity index (χ3v) is 3.35. The first kappa shape index (κ1) is 10.6. The molecule has 1 fully saturated rings. The van der Waals surface area contributed by atoms with Crippen molar-refractivity contribution in [2.75, 3.05) is 7.11 Å². The first-order valence-electron chi connectivity index (χ1n) is 4.93. The van der Waals surface area contributed by atoms with Gasteiger partial charge in [0.05, 0.1) is 7.11 Å². The summed E-state index contributed by atoms with van der Waals surface area (Å²) in [5.41, 5.74) is 6.50. The number of halogens is 1. The van der Waals surface area contributed by atoms with E-state index in [4.69, 9.17) is 22.1 Å². The molecule has 1 aliphatic rings. The van der Waals surface area contributed by atoms with Crippen LogP contribution in [-0.4, -0.2) is 12.2 Å². The summed E-state index contributed by atoms with van der Waals surface area (Å²) in [4.78, 5) is 0. The van der Waals surface area contributed by atoms with E-state index in [2.05, 4.69) is 0 Å². The van der Waals surface area contributed by atoms with Crippen molar-refractivity contribution in [3.8, 4) is 11.5 Å². The standard InChI is InChI=1S/C11H14ClNO2/c1-15-10-8(14)4-3-7(12)9(10)11(13)5-2-6-11/h3-4,14H,2,5-6,13H2,1H3. The number of methoxy groups -OCH3 is 1. The summed E-state index contributed by atoms with van der Waals surface area (Å²) in [5, 5.41) is 10.2. The van der Waals surface area contributed by atoms with Crippen LogP contribution in [0.15, 0.2) is 12.1 Å². The third-order valence-electron chi connectivity index (χ3n) is 3.03. The van der Waals surface area contributed by atoms with Crippen molar-refractivity contribution in [2.45, 2.75) is 24.8 Å². The SMILES string of the molecule is COc1c(O)ccc(Cl)c1C1(N)CCC1. The molecule has 1 saturated carbocycles. The smallest absolute Gasteiger partial charge is 0.167 e.